The number of carbonyl (C=O) groups is 1. The van der Waals surface area contributed by atoms with E-state index in [0.717, 1.165) is 17.8 Å². The largest absolute Gasteiger partial charge is 0.349 e. The molecule has 1 aromatic carbocycles. The molecule has 0 saturated heterocycles. The number of nitrogens with one attached hydrogen (secondary N) is 1. The van der Waals surface area contributed by atoms with Gasteiger partial charge >= 0.3 is 0 Å². The van der Waals surface area contributed by atoms with Gasteiger partial charge in [0.25, 0.3) is 5.91 Å². The van der Waals surface area contributed by atoms with Crippen molar-refractivity contribution in [3.05, 3.63) is 76.2 Å². The third-order valence-electron chi connectivity index (χ3n) is 4.64. The zero-order valence-electron chi connectivity index (χ0n) is 16.6. The Hall–Kier alpha value is -2.95. The molecule has 0 aliphatic carbocycles. The quantitative estimate of drug-likeness (QED) is 0.750. The number of aromatic nitrogens is 3. The van der Waals surface area contributed by atoms with E-state index >= 15 is 0 Å². The van der Waals surface area contributed by atoms with Gasteiger partial charge in [-0.1, -0.05) is 23.8 Å². The first-order valence-electron chi connectivity index (χ1n) is 9.20. The van der Waals surface area contributed by atoms with Crippen molar-refractivity contribution in [2.24, 2.45) is 0 Å². The Balaban J connectivity index is 1.66. The molecule has 0 aliphatic heterocycles. The van der Waals surface area contributed by atoms with Crippen LogP contribution in [0.5, 0.6) is 0 Å². The molecule has 5 heteroatoms. The molecule has 1 unspecified atom stereocenters. The molecule has 0 fully saturated rings. The van der Waals surface area contributed by atoms with E-state index in [0.29, 0.717) is 11.4 Å². The Morgan fingerprint density at radius 3 is 2.48 bits per heavy atom. The number of amides is 1. The van der Waals surface area contributed by atoms with Crippen molar-refractivity contribution in [1.29, 1.82) is 0 Å². The van der Waals surface area contributed by atoms with Gasteiger partial charge in [-0.3, -0.25) is 4.79 Å². The lowest BCUT2D eigenvalue weighted by Gasteiger charge is -2.16. The van der Waals surface area contributed by atoms with Crippen LogP contribution >= 0.6 is 0 Å². The van der Waals surface area contributed by atoms with Crippen LogP contribution in [0.25, 0.3) is 5.82 Å². The number of hydrogen-bond acceptors (Lipinski definition) is 3. The highest BCUT2D eigenvalue weighted by Gasteiger charge is 2.13. The molecule has 0 radical (unpaired) electrons. The summed E-state index contributed by atoms with van der Waals surface area (Å²) in [6.45, 7) is 10.2. The summed E-state index contributed by atoms with van der Waals surface area (Å²) in [5.74, 6) is 0.597. The maximum absolute atomic E-state index is 12.5. The highest BCUT2D eigenvalue weighted by molar-refractivity contribution is 5.94. The molecule has 3 rings (SSSR count). The SMILES string of the molecule is Cc1ccc(CC(C)NC(=O)c2ccc(-n3nc(C)cc3C)nc2)c(C)c1. The van der Waals surface area contributed by atoms with Gasteiger partial charge in [0.2, 0.25) is 0 Å². The molecule has 1 amide bonds. The monoisotopic (exact) mass is 362 g/mol. The van der Waals surface area contributed by atoms with Crippen molar-refractivity contribution in [3.63, 3.8) is 0 Å². The fraction of sp³-hybridized carbons (Fsp3) is 0.318. The number of carbonyl (C=O) groups excluding carboxylic acids is 1. The Bertz CT molecular complexity index is 957. The molecule has 1 atom stereocenters. The second-order valence-corrected chi connectivity index (χ2v) is 7.25. The lowest BCUT2D eigenvalue weighted by atomic mass is 10.00. The van der Waals surface area contributed by atoms with Gasteiger partial charge in [-0.05, 0) is 70.4 Å². The van der Waals surface area contributed by atoms with Gasteiger partial charge in [0.15, 0.2) is 5.82 Å². The van der Waals surface area contributed by atoms with E-state index in [2.05, 4.69) is 47.4 Å². The van der Waals surface area contributed by atoms with Gasteiger partial charge in [0.05, 0.1) is 11.3 Å². The van der Waals surface area contributed by atoms with E-state index in [1.807, 2.05) is 32.9 Å². The minimum absolute atomic E-state index is 0.0367. The first-order chi connectivity index (χ1) is 12.8. The van der Waals surface area contributed by atoms with E-state index < -0.39 is 0 Å². The number of rotatable bonds is 5. The molecular formula is C22H26N4O. The van der Waals surface area contributed by atoms with Crippen molar-refractivity contribution in [1.82, 2.24) is 20.1 Å². The zero-order chi connectivity index (χ0) is 19.6. The minimum Gasteiger partial charge on any atom is -0.349 e. The van der Waals surface area contributed by atoms with Crippen LogP contribution in [0, 0.1) is 27.7 Å². The second kappa shape index (κ2) is 7.74. The van der Waals surface area contributed by atoms with Crippen molar-refractivity contribution >= 4 is 5.91 Å². The molecule has 3 aromatic rings. The highest BCUT2D eigenvalue weighted by atomic mass is 16.1. The summed E-state index contributed by atoms with van der Waals surface area (Å²) >= 11 is 0. The smallest absolute Gasteiger partial charge is 0.253 e. The number of aryl methyl sites for hydroxylation is 4. The highest BCUT2D eigenvalue weighted by Crippen LogP contribution is 2.14. The standard InChI is InChI=1S/C22H26N4O/c1-14-6-7-19(15(2)10-14)12-16(3)24-22(27)20-8-9-21(23-13-20)26-18(5)11-17(4)25-26/h6-11,13,16H,12H2,1-5H3,(H,24,27). The topological polar surface area (TPSA) is 59.8 Å². The molecule has 27 heavy (non-hydrogen) atoms. The molecule has 2 heterocycles. The van der Waals surface area contributed by atoms with Crippen LogP contribution in [0.4, 0.5) is 0 Å². The van der Waals surface area contributed by atoms with Crippen LogP contribution in [0.1, 0.15) is 45.4 Å². The summed E-state index contributed by atoms with van der Waals surface area (Å²) in [5, 5.41) is 7.48. The average Bonchev–Trinajstić information content (AvgIpc) is 2.96. The van der Waals surface area contributed by atoms with E-state index in [-0.39, 0.29) is 11.9 Å². The average molecular weight is 362 g/mol. The van der Waals surface area contributed by atoms with Gasteiger partial charge in [0, 0.05) is 17.9 Å². The van der Waals surface area contributed by atoms with Crippen molar-refractivity contribution < 1.29 is 4.79 Å². The Kier molecular flexibility index (Phi) is 5.40. The van der Waals surface area contributed by atoms with Crippen LogP contribution in [-0.4, -0.2) is 26.7 Å². The van der Waals surface area contributed by atoms with Gasteiger partial charge < -0.3 is 5.32 Å². The summed E-state index contributed by atoms with van der Waals surface area (Å²) in [4.78, 5) is 16.9. The molecule has 1 N–H and O–H groups in total. The predicted molar refractivity (Wildman–Crippen MR) is 107 cm³/mol. The molecule has 0 aliphatic rings. The third-order valence-corrected chi connectivity index (χ3v) is 4.64. The fourth-order valence-corrected chi connectivity index (χ4v) is 3.27. The molecule has 140 valence electrons. The summed E-state index contributed by atoms with van der Waals surface area (Å²) in [7, 11) is 0. The van der Waals surface area contributed by atoms with E-state index in [9.17, 15) is 4.79 Å². The Morgan fingerprint density at radius 1 is 1.11 bits per heavy atom. The number of hydrogen-bond donors (Lipinski definition) is 1. The summed E-state index contributed by atoms with van der Waals surface area (Å²) in [6.07, 6.45) is 2.40. The Labute approximate surface area is 160 Å². The van der Waals surface area contributed by atoms with Gasteiger partial charge in [-0.2, -0.15) is 5.10 Å². The van der Waals surface area contributed by atoms with E-state index in [1.165, 1.54) is 16.7 Å². The lowest BCUT2D eigenvalue weighted by molar-refractivity contribution is 0.0939. The first-order valence-corrected chi connectivity index (χ1v) is 9.20. The van der Waals surface area contributed by atoms with Gasteiger partial charge in [-0.25, -0.2) is 9.67 Å². The molecule has 0 bridgehead atoms. The van der Waals surface area contributed by atoms with E-state index in [4.69, 9.17) is 0 Å². The molecule has 5 nitrogen and oxygen atoms in total. The third kappa shape index (κ3) is 4.42. The van der Waals surface area contributed by atoms with Crippen molar-refractivity contribution in [3.8, 4) is 5.82 Å². The normalized spacial score (nSPS) is 12.0. The molecule has 2 aromatic heterocycles. The van der Waals surface area contributed by atoms with Crippen LogP contribution in [0.3, 0.4) is 0 Å². The summed E-state index contributed by atoms with van der Waals surface area (Å²) in [6, 6.07) is 12.1. The van der Waals surface area contributed by atoms with Crippen molar-refractivity contribution in [2.75, 3.05) is 0 Å². The maximum Gasteiger partial charge on any atom is 0.253 e. The zero-order valence-corrected chi connectivity index (χ0v) is 16.6. The fourth-order valence-electron chi connectivity index (χ4n) is 3.27. The molecule has 0 saturated carbocycles. The minimum atomic E-state index is -0.111. The Morgan fingerprint density at radius 2 is 1.89 bits per heavy atom. The second-order valence-electron chi connectivity index (χ2n) is 7.25. The maximum atomic E-state index is 12.5. The molecular weight excluding hydrogens is 336 g/mol. The van der Waals surface area contributed by atoms with Crippen LogP contribution in [0.2, 0.25) is 0 Å². The van der Waals surface area contributed by atoms with Crippen LogP contribution < -0.4 is 5.32 Å². The summed E-state index contributed by atoms with van der Waals surface area (Å²) in [5.41, 5.74) is 6.27. The summed E-state index contributed by atoms with van der Waals surface area (Å²) < 4.78 is 1.78. The number of nitrogens with zero attached hydrogens (tertiary/aromatic N) is 3. The van der Waals surface area contributed by atoms with Gasteiger partial charge in [0.1, 0.15) is 0 Å². The molecule has 0 spiro atoms. The van der Waals surface area contributed by atoms with Gasteiger partial charge in [-0.15, -0.1) is 0 Å². The number of pyridine rings is 1. The number of benzene rings is 1. The predicted octanol–water partition coefficient (Wildman–Crippen LogP) is 3.86. The van der Waals surface area contributed by atoms with Crippen molar-refractivity contribution in [2.45, 2.75) is 47.1 Å². The van der Waals surface area contributed by atoms with Crippen LogP contribution in [0.15, 0.2) is 42.6 Å². The lowest BCUT2D eigenvalue weighted by Crippen LogP contribution is -2.34. The first kappa shape index (κ1) is 18.8. The van der Waals surface area contributed by atoms with E-state index in [1.54, 1.807) is 16.9 Å². The van der Waals surface area contributed by atoms with Crippen LogP contribution in [-0.2, 0) is 6.42 Å².